The second kappa shape index (κ2) is 6.96. The molecule has 0 spiro atoms. The molecular weight excluding hydrogens is 276 g/mol. The Bertz CT molecular complexity index is 526. The number of rotatable bonds is 7. The Morgan fingerprint density at radius 3 is 2.95 bits per heavy atom. The van der Waals surface area contributed by atoms with E-state index < -0.39 is 0 Å². The Morgan fingerprint density at radius 1 is 1.37 bits per heavy atom. The van der Waals surface area contributed by atoms with Crippen LogP contribution in [0.5, 0.6) is 0 Å². The van der Waals surface area contributed by atoms with Gasteiger partial charge in [-0.25, -0.2) is 4.98 Å². The van der Waals surface area contributed by atoms with Gasteiger partial charge in [0.05, 0.1) is 5.39 Å². The Labute approximate surface area is 122 Å². The molecule has 0 aromatic carbocycles. The third-order valence-electron chi connectivity index (χ3n) is 2.73. The molecule has 2 heterocycles. The number of hydrogen-bond donors (Lipinski definition) is 2. The molecule has 2 N–H and O–H groups in total. The summed E-state index contributed by atoms with van der Waals surface area (Å²) in [7, 11) is 0. The molecule has 104 valence electrons. The van der Waals surface area contributed by atoms with E-state index in [9.17, 15) is 0 Å². The third kappa shape index (κ3) is 3.73. The predicted molar refractivity (Wildman–Crippen MR) is 87.6 cm³/mol. The first-order valence-electron chi connectivity index (χ1n) is 6.46. The zero-order valence-electron chi connectivity index (χ0n) is 11.6. The van der Waals surface area contributed by atoms with Crippen LogP contribution in [0.25, 0.3) is 10.2 Å². The standard InChI is InChI=1S/C13H20N4S2/c1-4-14-13-16-11(15-7-9(2)8-18-3)10-5-6-19-12(10)17-13/h5-6,9H,4,7-8H2,1-3H3,(H2,14,15,16,17). The molecule has 6 heteroatoms. The number of thiophene rings is 1. The van der Waals surface area contributed by atoms with E-state index in [-0.39, 0.29) is 0 Å². The first-order valence-corrected chi connectivity index (χ1v) is 8.73. The van der Waals surface area contributed by atoms with Crippen LogP contribution in [0.15, 0.2) is 11.4 Å². The Balaban J connectivity index is 2.17. The van der Waals surface area contributed by atoms with E-state index in [4.69, 9.17) is 0 Å². The summed E-state index contributed by atoms with van der Waals surface area (Å²) < 4.78 is 0. The van der Waals surface area contributed by atoms with Gasteiger partial charge in [-0.1, -0.05) is 6.92 Å². The van der Waals surface area contributed by atoms with Crippen molar-refractivity contribution < 1.29 is 0 Å². The van der Waals surface area contributed by atoms with Crippen LogP contribution in [0, 0.1) is 5.92 Å². The van der Waals surface area contributed by atoms with Gasteiger partial charge in [-0.2, -0.15) is 16.7 Å². The average Bonchev–Trinajstić information content (AvgIpc) is 2.85. The van der Waals surface area contributed by atoms with E-state index in [1.165, 1.54) is 0 Å². The Morgan fingerprint density at radius 2 is 2.21 bits per heavy atom. The molecule has 0 saturated heterocycles. The maximum atomic E-state index is 4.56. The Hall–Kier alpha value is -1.01. The van der Waals surface area contributed by atoms with Crippen molar-refractivity contribution in [2.75, 3.05) is 35.7 Å². The van der Waals surface area contributed by atoms with Crippen LogP contribution in [0.2, 0.25) is 0 Å². The summed E-state index contributed by atoms with van der Waals surface area (Å²) >= 11 is 3.53. The average molecular weight is 296 g/mol. The lowest BCUT2D eigenvalue weighted by Gasteiger charge is -2.13. The van der Waals surface area contributed by atoms with Crippen molar-refractivity contribution >= 4 is 45.1 Å². The molecule has 0 fully saturated rings. The summed E-state index contributed by atoms with van der Waals surface area (Å²) in [5, 5.41) is 9.82. The van der Waals surface area contributed by atoms with Crippen molar-refractivity contribution in [3.63, 3.8) is 0 Å². The summed E-state index contributed by atoms with van der Waals surface area (Å²) in [5.74, 6) is 3.43. The van der Waals surface area contributed by atoms with Gasteiger partial charge < -0.3 is 10.6 Å². The van der Waals surface area contributed by atoms with Crippen LogP contribution in [-0.2, 0) is 0 Å². The molecule has 0 aliphatic heterocycles. The molecule has 1 unspecified atom stereocenters. The molecule has 2 aromatic rings. The quantitative estimate of drug-likeness (QED) is 0.818. The minimum absolute atomic E-state index is 0.626. The SMILES string of the molecule is CCNc1nc(NCC(C)CSC)c2ccsc2n1. The van der Waals surface area contributed by atoms with Gasteiger partial charge in [0.25, 0.3) is 0 Å². The molecule has 0 amide bonds. The molecule has 2 aromatic heterocycles. The second-order valence-electron chi connectivity index (χ2n) is 4.51. The van der Waals surface area contributed by atoms with Crippen LogP contribution in [0.4, 0.5) is 11.8 Å². The molecule has 4 nitrogen and oxygen atoms in total. The summed E-state index contributed by atoms with van der Waals surface area (Å²) in [6.07, 6.45) is 2.14. The van der Waals surface area contributed by atoms with Gasteiger partial charge in [-0.3, -0.25) is 0 Å². The fourth-order valence-corrected chi connectivity index (χ4v) is 3.29. The van der Waals surface area contributed by atoms with E-state index in [1.54, 1.807) is 11.3 Å². The zero-order chi connectivity index (χ0) is 13.7. The van der Waals surface area contributed by atoms with Crippen LogP contribution >= 0.6 is 23.1 Å². The normalized spacial score (nSPS) is 12.6. The number of nitrogens with zero attached hydrogens (tertiary/aromatic N) is 2. The maximum Gasteiger partial charge on any atom is 0.226 e. The molecule has 0 saturated carbocycles. The van der Waals surface area contributed by atoms with E-state index in [0.717, 1.165) is 34.9 Å². The lowest BCUT2D eigenvalue weighted by Crippen LogP contribution is -2.15. The smallest absolute Gasteiger partial charge is 0.226 e. The lowest BCUT2D eigenvalue weighted by molar-refractivity contribution is 0.700. The number of aromatic nitrogens is 2. The Kier molecular flexibility index (Phi) is 5.27. The van der Waals surface area contributed by atoms with E-state index >= 15 is 0 Å². The van der Waals surface area contributed by atoms with Gasteiger partial charge in [0.1, 0.15) is 10.6 Å². The fraction of sp³-hybridized carbons (Fsp3) is 0.538. The van der Waals surface area contributed by atoms with Crippen molar-refractivity contribution in [3.05, 3.63) is 11.4 Å². The van der Waals surface area contributed by atoms with Gasteiger partial charge in [-0.15, -0.1) is 11.3 Å². The molecule has 19 heavy (non-hydrogen) atoms. The third-order valence-corrected chi connectivity index (χ3v) is 4.44. The highest BCUT2D eigenvalue weighted by Crippen LogP contribution is 2.26. The molecule has 1 atom stereocenters. The summed E-state index contributed by atoms with van der Waals surface area (Å²) in [6, 6.07) is 2.08. The minimum Gasteiger partial charge on any atom is -0.369 e. The topological polar surface area (TPSA) is 49.8 Å². The van der Waals surface area contributed by atoms with Gasteiger partial charge in [0.2, 0.25) is 5.95 Å². The van der Waals surface area contributed by atoms with E-state index in [0.29, 0.717) is 11.9 Å². The first kappa shape index (κ1) is 14.4. The van der Waals surface area contributed by atoms with Gasteiger partial charge in [0, 0.05) is 13.1 Å². The molecule has 2 rings (SSSR count). The number of nitrogens with one attached hydrogen (secondary N) is 2. The van der Waals surface area contributed by atoms with Crippen molar-refractivity contribution in [1.82, 2.24) is 9.97 Å². The number of anilines is 2. The largest absolute Gasteiger partial charge is 0.369 e. The highest BCUT2D eigenvalue weighted by molar-refractivity contribution is 7.98. The van der Waals surface area contributed by atoms with Crippen molar-refractivity contribution in [3.8, 4) is 0 Å². The van der Waals surface area contributed by atoms with Crippen molar-refractivity contribution in [2.24, 2.45) is 5.92 Å². The van der Waals surface area contributed by atoms with Crippen LogP contribution in [-0.4, -0.2) is 35.1 Å². The molecule has 0 aliphatic rings. The first-order chi connectivity index (χ1) is 9.24. The molecular formula is C13H20N4S2. The molecule has 0 bridgehead atoms. The zero-order valence-corrected chi connectivity index (χ0v) is 13.2. The molecule has 0 aliphatic carbocycles. The molecule has 0 radical (unpaired) electrons. The maximum absolute atomic E-state index is 4.56. The van der Waals surface area contributed by atoms with E-state index in [1.807, 2.05) is 11.8 Å². The van der Waals surface area contributed by atoms with Crippen LogP contribution in [0.3, 0.4) is 0 Å². The predicted octanol–water partition coefficient (Wildman–Crippen LogP) is 3.53. The highest BCUT2D eigenvalue weighted by atomic mass is 32.2. The minimum atomic E-state index is 0.626. The fourth-order valence-electron chi connectivity index (χ4n) is 1.84. The number of hydrogen-bond acceptors (Lipinski definition) is 6. The highest BCUT2D eigenvalue weighted by Gasteiger charge is 2.09. The number of fused-ring (bicyclic) bond motifs is 1. The lowest BCUT2D eigenvalue weighted by atomic mass is 10.2. The number of thioether (sulfide) groups is 1. The second-order valence-corrected chi connectivity index (χ2v) is 6.31. The van der Waals surface area contributed by atoms with Crippen LogP contribution < -0.4 is 10.6 Å². The summed E-state index contributed by atoms with van der Waals surface area (Å²) in [4.78, 5) is 10.1. The van der Waals surface area contributed by atoms with E-state index in [2.05, 4.69) is 52.2 Å². The van der Waals surface area contributed by atoms with Gasteiger partial charge >= 0.3 is 0 Å². The van der Waals surface area contributed by atoms with Gasteiger partial charge in [0.15, 0.2) is 0 Å². The summed E-state index contributed by atoms with van der Waals surface area (Å²) in [5.41, 5.74) is 0. The monoisotopic (exact) mass is 296 g/mol. The van der Waals surface area contributed by atoms with Crippen molar-refractivity contribution in [2.45, 2.75) is 13.8 Å². The summed E-state index contributed by atoms with van der Waals surface area (Å²) in [6.45, 7) is 6.07. The van der Waals surface area contributed by atoms with Crippen LogP contribution in [0.1, 0.15) is 13.8 Å². The van der Waals surface area contributed by atoms with Gasteiger partial charge in [-0.05, 0) is 36.3 Å². The van der Waals surface area contributed by atoms with Crippen molar-refractivity contribution in [1.29, 1.82) is 0 Å².